The highest BCUT2D eigenvalue weighted by atomic mass is 79.9. The minimum atomic E-state index is -0.368. The smallest absolute Gasteiger partial charge is 0.257 e. The molecule has 3 rings (SSSR count). The van der Waals surface area contributed by atoms with Crippen molar-refractivity contribution >= 4 is 21.8 Å². The number of hydrogen-bond acceptors (Lipinski definition) is 1. The zero-order valence-corrected chi connectivity index (χ0v) is 12.5. The molecule has 0 aromatic heterocycles. The number of fused-ring (bicyclic) bond motifs is 2. The highest BCUT2D eigenvalue weighted by molar-refractivity contribution is 9.09. The maximum absolute atomic E-state index is 14.1. The molecule has 4 heteroatoms. The third-order valence-corrected chi connectivity index (χ3v) is 5.08. The molecule has 2 aliphatic rings. The van der Waals surface area contributed by atoms with Crippen molar-refractivity contribution < 1.29 is 9.18 Å². The number of rotatable bonds is 1. The quantitative estimate of drug-likeness (QED) is 0.721. The van der Waals surface area contributed by atoms with E-state index < -0.39 is 0 Å². The van der Waals surface area contributed by atoms with Gasteiger partial charge >= 0.3 is 0 Å². The first-order valence-corrected chi connectivity index (χ1v) is 7.71. The van der Waals surface area contributed by atoms with Gasteiger partial charge in [0.2, 0.25) is 0 Å². The average Bonchev–Trinajstić information content (AvgIpc) is 2.64. The van der Waals surface area contributed by atoms with E-state index in [1.54, 1.807) is 25.1 Å². The fourth-order valence-corrected chi connectivity index (χ4v) is 4.26. The van der Waals surface area contributed by atoms with E-state index in [-0.39, 0.29) is 29.4 Å². The Morgan fingerprint density at radius 2 is 1.95 bits per heavy atom. The van der Waals surface area contributed by atoms with Crippen molar-refractivity contribution in [3.05, 3.63) is 35.1 Å². The van der Waals surface area contributed by atoms with Crippen LogP contribution in [0.1, 0.15) is 41.6 Å². The Bertz CT molecular complexity index is 505. The van der Waals surface area contributed by atoms with Gasteiger partial charge in [-0.3, -0.25) is 4.79 Å². The summed E-state index contributed by atoms with van der Waals surface area (Å²) in [6, 6.07) is 5.60. The first-order valence-electron chi connectivity index (χ1n) is 6.79. The van der Waals surface area contributed by atoms with Crippen molar-refractivity contribution in [3.8, 4) is 0 Å². The molecule has 1 aromatic rings. The van der Waals surface area contributed by atoms with Gasteiger partial charge in [-0.2, -0.15) is 0 Å². The Morgan fingerprint density at radius 3 is 2.58 bits per heavy atom. The zero-order valence-electron chi connectivity index (χ0n) is 10.9. The van der Waals surface area contributed by atoms with Crippen LogP contribution in [0.15, 0.2) is 18.2 Å². The molecule has 2 atom stereocenters. The molecule has 0 saturated carbocycles. The molecule has 2 nitrogen and oxygen atoms in total. The van der Waals surface area contributed by atoms with E-state index in [4.69, 9.17) is 0 Å². The first kappa shape index (κ1) is 13.1. The first-order chi connectivity index (χ1) is 9.08. The SMILES string of the molecule is Cc1cccc(C(=O)N2C3CCC2CC(Br)C3)c1F. The number of alkyl halides is 1. The number of halogens is 2. The van der Waals surface area contributed by atoms with Crippen LogP contribution in [-0.4, -0.2) is 27.7 Å². The van der Waals surface area contributed by atoms with E-state index in [9.17, 15) is 9.18 Å². The second-order valence-electron chi connectivity index (χ2n) is 5.60. The number of amides is 1. The molecule has 0 radical (unpaired) electrons. The van der Waals surface area contributed by atoms with E-state index >= 15 is 0 Å². The van der Waals surface area contributed by atoms with Crippen molar-refractivity contribution in [2.24, 2.45) is 0 Å². The largest absolute Gasteiger partial charge is 0.333 e. The predicted octanol–water partition coefficient (Wildman–Crippen LogP) is 3.66. The summed E-state index contributed by atoms with van der Waals surface area (Å²) >= 11 is 3.66. The Morgan fingerprint density at radius 1 is 1.32 bits per heavy atom. The van der Waals surface area contributed by atoms with Gasteiger partial charge in [-0.1, -0.05) is 28.1 Å². The third-order valence-electron chi connectivity index (χ3n) is 4.33. The highest BCUT2D eigenvalue weighted by Gasteiger charge is 2.43. The lowest BCUT2D eigenvalue weighted by molar-refractivity contribution is 0.0598. The minimum absolute atomic E-state index is 0.131. The second-order valence-corrected chi connectivity index (χ2v) is 6.90. The van der Waals surface area contributed by atoms with Crippen molar-refractivity contribution in [1.29, 1.82) is 0 Å². The zero-order chi connectivity index (χ0) is 13.6. The van der Waals surface area contributed by atoms with Gasteiger partial charge < -0.3 is 4.90 Å². The normalized spacial score (nSPS) is 29.6. The molecule has 1 amide bonds. The summed E-state index contributed by atoms with van der Waals surface area (Å²) in [6.45, 7) is 1.70. The summed E-state index contributed by atoms with van der Waals surface area (Å²) in [5.74, 6) is -0.499. The lowest BCUT2D eigenvalue weighted by Gasteiger charge is -2.37. The molecule has 1 aromatic carbocycles. The van der Waals surface area contributed by atoms with Crippen LogP contribution in [0.5, 0.6) is 0 Å². The number of hydrogen-bond donors (Lipinski definition) is 0. The lowest BCUT2D eigenvalue weighted by Crippen LogP contribution is -2.47. The molecule has 2 unspecified atom stereocenters. The van der Waals surface area contributed by atoms with Gasteiger partial charge in [0.15, 0.2) is 0 Å². The summed E-state index contributed by atoms with van der Waals surface area (Å²) in [6.07, 6.45) is 4.06. The maximum atomic E-state index is 14.1. The van der Waals surface area contributed by atoms with Crippen LogP contribution in [0.4, 0.5) is 4.39 Å². The second kappa shape index (κ2) is 4.89. The van der Waals surface area contributed by atoms with Gasteiger partial charge in [0, 0.05) is 16.9 Å². The van der Waals surface area contributed by atoms with Gasteiger partial charge in [0.1, 0.15) is 5.82 Å². The molecule has 2 fully saturated rings. The molecule has 0 aliphatic carbocycles. The van der Waals surface area contributed by atoms with E-state index in [0.29, 0.717) is 10.4 Å². The van der Waals surface area contributed by atoms with Crippen LogP contribution >= 0.6 is 15.9 Å². The van der Waals surface area contributed by atoms with Gasteiger partial charge in [0.25, 0.3) is 5.91 Å². The Kier molecular flexibility index (Phi) is 3.37. The topological polar surface area (TPSA) is 20.3 Å². The van der Waals surface area contributed by atoms with E-state index in [1.165, 1.54) is 0 Å². The molecule has 2 saturated heterocycles. The molecule has 19 heavy (non-hydrogen) atoms. The van der Waals surface area contributed by atoms with Gasteiger partial charge in [0.05, 0.1) is 5.56 Å². The van der Waals surface area contributed by atoms with Crippen molar-refractivity contribution in [3.63, 3.8) is 0 Å². The fourth-order valence-electron chi connectivity index (χ4n) is 3.39. The lowest BCUT2D eigenvalue weighted by atomic mass is 10.0. The predicted molar refractivity (Wildman–Crippen MR) is 76.1 cm³/mol. The molecule has 0 N–H and O–H groups in total. The molecule has 2 heterocycles. The summed E-state index contributed by atoms with van der Waals surface area (Å²) < 4.78 is 14.1. The molecule has 2 bridgehead atoms. The van der Waals surface area contributed by atoms with Gasteiger partial charge in [-0.05, 0) is 44.2 Å². The number of aryl methyl sites for hydroxylation is 1. The van der Waals surface area contributed by atoms with Crippen LogP contribution in [0.25, 0.3) is 0 Å². The van der Waals surface area contributed by atoms with Gasteiger partial charge in [-0.15, -0.1) is 0 Å². The highest BCUT2D eigenvalue weighted by Crippen LogP contribution is 2.39. The minimum Gasteiger partial charge on any atom is -0.333 e. The van der Waals surface area contributed by atoms with E-state index in [2.05, 4.69) is 15.9 Å². The fraction of sp³-hybridized carbons (Fsp3) is 0.533. The average molecular weight is 326 g/mol. The number of nitrogens with zero attached hydrogens (tertiary/aromatic N) is 1. The van der Waals surface area contributed by atoms with Crippen LogP contribution in [0, 0.1) is 12.7 Å². The molecule has 2 aliphatic heterocycles. The summed E-state index contributed by atoms with van der Waals surface area (Å²) in [4.78, 5) is 15.0. The van der Waals surface area contributed by atoms with Crippen LogP contribution < -0.4 is 0 Å². The molecular formula is C15H17BrFNO. The van der Waals surface area contributed by atoms with Crippen molar-refractivity contribution in [2.45, 2.75) is 49.5 Å². The van der Waals surface area contributed by atoms with Crippen LogP contribution in [-0.2, 0) is 0 Å². The molecule has 102 valence electrons. The maximum Gasteiger partial charge on any atom is 0.257 e. The standard InChI is InChI=1S/C15H17BrFNO/c1-9-3-2-4-13(14(9)17)15(19)18-11-5-6-12(18)8-10(16)7-11/h2-4,10-12H,5-8H2,1H3. The van der Waals surface area contributed by atoms with Crippen LogP contribution in [0.2, 0.25) is 0 Å². The third kappa shape index (κ3) is 2.20. The Hall–Kier alpha value is -0.900. The monoisotopic (exact) mass is 325 g/mol. The summed E-state index contributed by atoms with van der Waals surface area (Å²) in [5, 5.41) is 0. The number of carbonyl (C=O) groups is 1. The summed E-state index contributed by atoms with van der Waals surface area (Å²) in [7, 11) is 0. The number of piperidine rings is 1. The van der Waals surface area contributed by atoms with Crippen molar-refractivity contribution in [1.82, 2.24) is 4.90 Å². The van der Waals surface area contributed by atoms with E-state index in [1.807, 2.05) is 4.90 Å². The van der Waals surface area contributed by atoms with Crippen molar-refractivity contribution in [2.75, 3.05) is 0 Å². The Labute approximate surface area is 121 Å². The molecule has 0 spiro atoms. The van der Waals surface area contributed by atoms with E-state index in [0.717, 1.165) is 25.7 Å². The summed E-state index contributed by atoms with van der Waals surface area (Å²) in [5.41, 5.74) is 0.762. The number of benzene rings is 1. The Balaban J connectivity index is 1.91. The molecular weight excluding hydrogens is 309 g/mol. The number of carbonyl (C=O) groups excluding carboxylic acids is 1. The van der Waals surface area contributed by atoms with Crippen LogP contribution in [0.3, 0.4) is 0 Å². The van der Waals surface area contributed by atoms with Gasteiger partial charge in [-0.25, -0.2) is 4.39 Å².